The molecule has 1 saturated heterocycles. The number of ether oxygens (including phenoxy) is 1. The number of aliphatic imine (C=N–C) groups is 1. The third kappa shape index (κ3) is 4.86. The predicted octanol–water partition coefficient (Wildman–Crippen LogP) is 4.39. The van der Waals surface area contributed by atoms with E-state index < -0.39 is 12.6 Å². The number of carbonyl (C=O) groups excluding carboxylic acids is 1. The van der Waals surface area contributed by atoms with Crippen LogP contribution in [0.3, 0.4) is 0 Å². The van der Waals surface area contributed by atoms with Gasteiger partial charge in [0.25, 0.3) is 5.91 Å². The minimum Gasteiger partial charge on any atom is -0.482 e. The normalized spacial score (nSPS) is 16.7. The Morgan fingerprint density at radius 3 is 2.55 bits per heavy atom. The number of benzene rings is 2. The molecule has 3 rings (SSSR count). The van der Waals surface area contributed by atoms with Crippen molar-refractivity contribution in [2.24, 2.45) is 4.99 Å². The molecule has 0 bridgehead atoms. The number of para-hydroxylation sites is 1. The molecule has 0 spiro atoms. The molecule has 2 aromatic rings. The van der Waals surface area contributed by atoms with Gasteiger partial charge in [-0.15, -0.1) is 0 Å². The fraction of sp³-hybridized carbons (Fsp3) is 0.227. The fourth-order valence-corrected chi connectivity index (χ4v) is 3.99. The second-order valence-electron chi connectivity index (χ2n) is 6.55. The second-order valence-corrected chi connectivity index (χ2v) is 7.56. The number of amidine groups is 1. The van der Waals surface area contributed by atoms with E-state index in [-0.39, 0.29) is 5.91 Å². The van der Waals surface area contributed by atoms with Crippen molar-refractivity contribution >= 4 is 40.6 Å². The number of hydrogen-bond donors (Lipinski definition) is 1. The molecule has 0 aliphatic carbocycles. The summed E-state index contributed by atoms with van der Waals surface area (Å²) in [4.78, 5) is 30.5. The molecule has 1 aliphatic heterocycles. The zero-order valence-electron chi connectivity index (χ0n) is 16.5. The largest absolute Gasteiger partial charge is 0.482 e. The minimum absolute atomic E-state index is 0.0978. The average Bonchev–Trinajstić information content (AvgIpc) is 2.98. The highest BCUT2D eigenvalue weighted by Gasteiger charge is 2.32. The first-order valence-electron chi connectivity index (χ1n) is 9.20. The Bertz CT molecular complexity index is 993. The van der Waals surface area contributed by atoms with Gasteiger partial charge >= 0.3 is 5.97 Å². The summed E-state index contributed by atoms with van der Waals surface area (Å²) in [5.74, 6) is -0.700. The summed E-state index contributed by atoms with van der Waals surface area (Å²) in [6.07, 6.45) is 1.77. The Labute approximate surface area is 173 Å². The number of aryl methyl sites for hydroxylation is 2. The molecular formula is C22H22N2O4S. The number of likely N-dealkylation sites (N-methyl/N-ethyl adjacent to an activating group) is 1. The van der Waals surface area contributed by atoms with Crippen molar-refractivity contribution in [2.75, 3.05) is 13.2 Å². The summed E-state index contributed by atoms with van der Waals surface area (Å²) in [7, 11) is 0. The summed E-state index contributed by atoms with van der Waals surface area (Å²) < 4.78 is 5.21. The molecule has 1 heterocycles. The Morgan fingerprint density at radius 1 is 1.21 bits per heavy atom. The molecule has 7 heteroatoms. The van der Waals surface area contributed by atoms with Gasteiger partial charge in [-0.2, -0.15) is 0 Å². The van der Waals surface area contributed by atoms with Crippen molar-refractivity contribution in [1.82, 2.24) is 4.90 Å². The van der Waals surface area contributed by atoms with E-state index in [9.17, 15) is 9.59 Å². The molecule has 0 atom stereocenters. The quantitative estimate of drug-likeness (QED) is 0.715. The van der Waals surface area contributed by atoms with E-state index in [1.165, 1.54) is 11.8 Å². The van der Waals surface area contributed by atoms with Crippen LogP contribution >= 0.6 is 11.8 Å². The number of carboxylic acid groups (broad SMARTS) is 1. The standard InChI is InChI=1S/C22H22N2O4S/c1-4-24-21(27)18(12-16-9-6-10-17(11-16)28-13-19(25)26)29-22(24)23-20-14(2)7-5-8-15(20)3/h5-12H,4,13H2,1-3H3,(H,25,26)/b18-12+,23-22?. The van der Waals surface area contributed by atoms with Crippen molar-refractivity contribution in [1.29, 1.82) is 0 Å². The van der Waals surface area contributed by atoms with Crippen LogP contribution < -0.4 is 4.74 Å². The Morgan fingerprint density at radius 2 is 1.90 bits per heavy atom. The third-order valence-electron chi connectivity index (χ3n) is 4.37. The van der Waals surface area contributed by atoms with Gasteiger partial charge in [0.15, 0.2) is 11.8 Å². The molecule has 1 aliphatic rings. The maximum atomic E-state index is 12.9. The van der Waals surface area contributed by atoms with Gasteiger partial charge in [0.1, 0.15) is 5.75 Å². The van der Waals surface area contributed by atoms with E-state index in [2.05, 4.69) is 0 Å². The molecule has 1 N–H and O–H groups in total. The molecule has 29 heavy (non-hydrogen) atoms. The van der Waals surface area contributed by atoms with Crippen LogP contribution in [-0.2, 0) is 9.59 Å². The van der Waals surface area contributed by atoms with Gasteiger partial charge < -0.3 is 9.84 Å². The molecule has 1 amide bonds. The van der Waals surface area contributed by atoms with Crippen LogP contribution in [0.1, 0.15) is 23.6 Å². The van der Waals surface area contributed by atoms with Crippen LogP contribution in [0.25, 0.3) is 6.08 Å². The Kier molecular flexibility index (Phi) is 6.39. The summed E-state index contributed by atoms with van der Waals surface area (Å²) in [5.41, 5.74) is 3.75. The number of nitrogens with zero attached hydrogens (tertiary/aromatic N) is 2. The molecule has 0 aromatic heterocycles. The monoisotopic (exact) mass is 410 g/mol. The van der Waals surface area contributed by atoms with Gasteiger partial charge in [-0.1, -0.05) is 30.3 Å². The predicted molar refractivity (Wildman–Crippen MR) is 116 cm³/mol. The van der Waals surface area contributed by atoms with E-state index in [0.717, 1.165) is 22.4 Å². The SMILES string of the molecule is CCN1C(=O)/C(=C\c2cccc(OCC(=O)O)c2)SC1=Nc1c(C)cccc1C. The van der Waals surface area contributed by atoms with Crippen LogP contribution in [0.5, 0.6) is 5.75 Å². The van der Waals surface area contributed by atoms with E-state index in [1.54, 1.807) is 29.2 Å². The van der Waals surface area contributed by atoms with Crippen LogP contribution in [-0.4, -0.2) is 40.2 Å². The van der Waals surface area contributed by atoms with Crippen LogP contribution in [0, 0.1) is 13.8 Å². The second kappa shape index (κ2) is 8.96. The molecule has 0 saturated carbocycles. The summed E-state index contributed by atoms with van der Waals surface area (Å²) >= 11 is 1.34. The lowest BCUT2D eigenvalue weighted by Gasteiger charge is -2.13. The average molecular weight is 410 g/mol. The lowest BCUT2D eigenvalue weighted by Crippen LogP contribution is -2.28. The van der Waals surface area contributed by atoms with Gasteiger partial charge in [0.05, 0.1) is 10.6 Å². The van der Waals surface area contributed by atoms with Gasteiger partial charge in [-0.3, -0.25) is 9.69 Å². The number of amides is 1. The van der Waals surface area contributed by atoms with Crippen molar-refractivity contribution in [3.63, 3.8) is 0 Å². The zero-order valence-corrected chi connectivity index (χ0v) is 17.3. The summed E-state index contributed by atoms with van der Waals surface area (Å²) in [5, 5.41) is 9.40. The van der Waals surface area contributed by atoms with E-state index in [4.69, 9.17) is 14.8 Å². The zero-order chi connectivity index (χ0) is 21.0. The molecule has 2 aromatic carbocycles. The lowest BCUT2D eigenvalue weighted by atomic mass is 10.1. The van der Waals surface area contributed by atoms with Crippen LogP contribution in [0.15, 0.2) is 52.4 Å². The van der Waals surface area contributed by atoms with Gasteiger partial charge in [-0.25, -0.2) is 9.79 Å². The Hall–Kier alpha value is -3.06. The van der Waals surface area contributed by atoms with Crippen LogP contribution in [0.4, 0.5) is 5.69 Å². The van der Waals surface area contributed by atoms with Crippen molar-refractivity contribution < 1.29 is 19.4 Å². The fourth-order valence-electron chi connectivity index (χ4n) is 2.94. The van der Waals surface area contributed by atoms with E-state index >= 15 is 0 Å². The van der Waals surface area contributed by atoms with Gasteiger partial charge in [0, 0.05) is 6.54 Å². The number of carboxylic acids is 1. The molecule has 1 fully saturated rings. The number of thioether (sulfide) groups is 1. The molecule has 0 radical (unpaired) electrons. The summed E-state index contributed by atoms with van der Waals surface area (Å²) in [6.45, 7) is 6.04. The minimum atomic E-state index is -1.04. The molecule has 6 nitrogen and oxygen atoms in total. The smallest absolute Gasteiger partial charge is 0.341 e. The first-order valence-corrected chi connectivity index (χ1v) is 10.0. The maximum absolute atomic E-state index is 12.9. The lowest BCUT2D eigenvalue weighted by molar-refractivity contribution is -0.139. The summed E-state index contributed by atoms with van der Waals surface area (Å²) in [6, 6.07) is 13.0. The topological polar surface area (TPSA) is 79.2 Å². The number of rotatable bonds is 6. The molecule has 0 unspecified atom stereocenters. The molecular weight excluding hydrogens is 388 g/mol. The highest BCUT2D eigenvalue weighted by molar-refractivity contribution is 8.18. The van der Waals surface area contributed by atoms with E-state index in [1.807, 2.05) is 45.0 Å². The van der Waals surface area contributed by atoms with Crippen molar-refractivity contribution in [3.05, 3.63) is 64.1 Å². The Balaban J connectivity index is 1.90. The first-order chi connectivity index (χ1) is 13.9. The maximum Gasteiger partial charge on any atom is 0.341 e. The number of hydrogen-bond acceptors (Lipinski definition) is 5. The highest BCUT2D eigenvalue weighted by Crippen LogP contribution is 2.35. The van der Waals surface area contributed by atoms with Crippen LogP contribution in [0.2, 0.25) is 0 Å². The highest BCUT2D eigenvalue weighted by atomic mass is 32.2. The van der Waals surface area contributed by atoms with E-state index in [0.29, 0.717) is 22.4 Å². The number of carbonyl (C=O) groups is 2. The molecule has 150 valence electrons. The first kappa shape index (κ1) is 20.7. The number of aliphatic carboxylic acids is 1. The van der Waals surface area contributed by atoms with Gasteiger partial charge in [-0.05, 0) is 67.4 Å². The van der Waals surface area contributed by atoms with Gasteiger partial charge in [0.2, 0.25) is 0 Å². The van der Waals surface area contributed by atoms with Crippen molar-refractivity contribution in [3.8, 4) is 5.75 Å². The van der Waals surface area contributed by atoms with Crippen molar-refractivity contribution in [2.45, 2.75) is 20.8 Å². The third-order valence-corrected chi connectivity index (χ3v) is 5.38.